The number of tetrazole rings is 1. The number of nitrogens with two attached hydrogens (primary N) is 1. The maximum absolute atomic E-state index is 11.6. The molecule has 3 aromatic rings. The molecule has 4 rings (SSSR count). The lowest BCUT2D eigenvalue weighted by molar-refractivity contribution is -0.931. The van der Waals surface area contributed by atoms with Crippen LogP contribution in [-0.2, 0) is 11.3 Å². The number of primary amides is 1. The molecule has 3 heterocycles. The molecule has 1 fully saturated rings. The molecule has 152 valence electrons. The van der Waals surface area contributed by atoms with Gasteiger partial charge in [0.2, 0.25) is 11.7 Å². The van der Waals surface area contributed by atoms with Gasteiger partial charge in [0, 0.05) is 18.8 Å². The van der Waals surface area contributed by atoms with E-state index in [1.165, 1.54) is 4.90 Å². The highest BCUT2D eigenvalue weighted by Crippen LogP contribution is 2.28. The number of hydrogen-bond acceptors (Lipinski definition) is 6. The summed E-state index contributed by atoms with van der Waals surface area (Å²) in [7, 11) is 1.66. The molecule has 0 radical (unpaired) electrons. The first-order valence-electron chi connectivity index (χ1n) is 9.72. The highest BCUT2D eigenvalue weighted by molar-refractivity contribution is 5.76. The number of carbonyl (C=O) groups excluding carboxylic acids is 1. The van der Waals surface area contributed by atoms with Gasteiger partial charge in [-0.2, -0.15) is 0 Å². The molecule has 1 amide bonds. The third-order valence-corrected chi connectivity index (χ3v) is 5.59. The van der Waals surface area contributed by atoms with E-state index in [2.05, 4.69) is 15.5 Å². The number of rotatable bonds is 7. The fourth-order valence-corrected chi connectivity index (χ4v) is 4.09. The van der Waals surface area contributed by atoms with Crippen LogP contribution in [0.3, 0.4) is 0 Å². The Kier molecular flexibility index (Phi) is 5.57. The van der Waals surface area contributed by atoms with Gasteiger partial charge in [-0.15, -0.1) is 5.10 Å². The second-order valence-corrected chi connectivity index (χ2v) is 7.28. The molecule has 2 aromatic heterocycles. The van der Waals surface area contributed by atoms with E-state index in [4.69, 9.17) is 14.9 Å². The van der Waals surface area contributed by atoms with Gasteiger partial charge in [0.15, 0.2) is 6.04 Å². The lowest BCUT2D eigenvalue weighted by atomic mass is 9.93. The lowest BCUT2D eigenvalue weighted by Crippen LogP contribution is -3.13. The van der Waals surface area contributed by atoms with Crippen LogP contribution in [-0.4, -0.2) is 46.3 Å². The number of carbonyl (C=O) groups is 1. The maximum atomic E-state index is 11.6. The van der Waals surface area contributed by atoms with E-state index in [0.717, 1.165) is 48.8 Å². The molecule has 0 bridgehead atoms. The molecule has 3 N–H and O–H groups in total. The van der Waals surface area contributed by atoms with Crippen LogP contribution in [0, 0.1) is 5.92 Å². The number of likely N-dealkylation sites (tertiary alicyclic amines) is 1. The molecular formula is C20H25N6O3+. The monoisotopic (exact) mass is 397 g/mol. The number of methoxy groups -OCH3 is 1. The van der Waals surface area contributed by atoms with E-state index in [1.807, 2.05) is 36.4 Å². The Morgan fingerprint density at radius 1 is 1.31 bits per heavy atom. The molecule has 9 heteroatoms. The van der Waals surface area contributed by atoms with Crippen molar-refractivity contribution in [3.05, 3.63) is 59.8 Å². The predicted molar refractivity (Wildman–Crippen MR) is 103 cm³/mol. The van der Waals surface area contributed by atoms with Gasteiger partial charge in [-0.25, -0.2) is 4.68 Å². The maximum Gasteiger partial charge on any atom is 0.220 e. The molecule has 9 nitrogen and oxygen atoms in total. The Labute approximate surface area is 168 Å². The number of hydrogen-bond donors (Lipinski definition) is 2. The summed E-state index contributed by atoms with van der Waals surface area (Å²) in [5, 5.41) is 12.5. The smallest absolute Gasteiger partial charge is 0.220 e. The number of ether oxygens (including phenoxy) is 1. The van der Waals surface area contributed by atoms with Gasteiger partial charge >= 0.3 is 0 Å². The number of furan rings is 1. The fourth-order valence-electron chi connectivity index (χ4n) is 4.09. The van der Waals surface area contributed by atoms with Crippen LogP contribution in [0.5, 0.6) is 5.75 Å². The normalized spacial score (nSPS) is 20.3. The quantitative estimate of drug-likeness (QED) is 0.589. The van der Waals surface area contributed by atoms with Crippen LogP contribution in [0.4, 0.5) is 0 Å². The van der Waals surface area contributed by atoms with Crippen LogP contribution in [0.2, 0.25) is 0 Å². The summed E-state index contributed by atoms with van der Waals surface area (Å²) in [6, 6.07) is 11.5. The summed E-state index contributed by atoms with van der Waals surface area (Å²) in [4.78, 5) is 12.9. The summed E-state index contributed by atoms with van der Waals surface area (Å²) < 4.78 is 12.9. The standard InChI is InChI=1S/C20H24N6O3/c1-28-17-7-3-2-6-16(17)18(25-10-8-14(9-11-25)19(21)27)20-22-23-24-26(20)13-15-5-4-12-29-15/h2-7,12,14,18H,8-11,13H2,1H3,(H2,21,27)/p+1/t18-/m1/s1. The number of quaternary nitrogens is 1. The third-order valence-electron chi connectivity index (χ3n) is 5.59. The van der Waals surface area contributed by atoms with Crippen molar-refractivity contribution in [1.82, 2.24) is 20.2 Å². The second-order valence-electron chi connectivity index (χ2n) is 7.28. The number of para-hydroxylation sites is 1. The molecular weight excluding hydrogens is 372 g/mol. The summed E-state index contributed by atoms with van der Waals surface area (Å²) in [5.74, 6) is 2.00. The van der Waals surface area contributed by atoms with Crippen LogP contribution in [0.25, 0.3) is 0 Å². The predicted octanol–water partition coefficient (Wildman–Crippen LogP) is 0.193. The zero-order valence-electron chi connectivity index (χ0n) is 16.3. The van der Waals surface area contributed by atoms with E-state index in [0.29, 0.717) is 6.54 Å². The number of nitrogens with zero attached hydrogens (tertiary/aromatic N) is 4. The van der Waals surface area contributed by atoms with Crippen molar-refractivity contribution >= 4 is 5.91 Å². The molecule has 0 spiro atoms. The Balaban J connectivity index is 1.70. The van der Waals surface area contributed by atoms with E-state index in [-0.39, 0.29) is 17.9 Å². The SMILES string of the molecule is COc1ccccc1[C@H](c1nnnn1Cc1ccco1)[NH+]1CCC(C(N)=O)CC1. The summed E-state index contributed by atoms with van der Waals surface area (Å²) in [6.07, 6.45) is 3.13. The number of piperidine rings is 1. The topological polar surface area (TPSA) is 114 Å². The minimum atomic E-state index is -0.222. The van der Waals surface area contributed by atoms with E-state index < -0.39 is 0 Å². The number of nitrogens with one attached hydrogen (secondary N) is 1. The van der Waals surface area contributed by atoms with Gasteiger partial charge < -0.3 is 19.8 Å². The Morgan fingerprint density at radius 3 is 2.79 bits per heavy atom. The average Bonchev–Trinajstić information content (AvgIpc) is 3.42. The van der Waals surface area contributed by atoms with Crippen LogP contribution in [0.15, 0.2) is 47.1 Å². The molecule has 1 aliphatic heterocycles. The zero-order valence-corrected chi connectivity index (χ0v) is 16.3. The summed E-state index contributed by atoms with van der Waals surface area (Å²) >= 11 is 0. The first-order valence-corrected chi connectivity index (χ1v) is 9.72. The van der Waals surface area contributed by atoms with Gasteiger partial charge in [0.05, 0.1) is 32.0 Å². The first kappa shape index (κ1) is 19.1. The Hall–Kier alpha value is -3.20. The van der Waals surface area contributed by atoms with Gasteiger partial charge in [-0.3, -0.25) is 4.79 Å². The number of amides is 1. The number of aromatic nitrogens is 4. The van der Waals surface area contributed by atoms with Gasteiger partial charge in [0.1, 0.15) is 18.1 Å². The van der Waals surface area contributed by atoms with Gasteiger partial charge in [0.25, 0.3) is 0 Å². The van der Waals surface area contributed by atoms with E-state index >= 15 is 0 Å². The molecule has 1 aromatic carbocycles. The van der Waals surface area contributed by atoms with Crippen LogP contribution in [0.1, 0.15) is 36.0 Å². The van der Waals surface area contributed by atoms with Gasteiger partial charge in [-0.05, 0) is 34.7 Å². The number of benzene rings is 1. The fraction of sp³-hybridized carbons (Fsp3) is 0.400. The van der Waals surface area contributed by atoms with Crippen LogP contribution >= 0.6 is 0 Å². The minimum absolute atomic E-state index is 0.0730. The van der Waals surface area contributed by atoms with Gasteiger partial charge in [-0.1, -0.05) is 12.1 Å². The van der Waals surface area contributed by atoms with Crippen molar-refractivity contribution in [2.24, 2.45) is 11.7 Å². The van der Waals surface area contributed by atoms with Crippen molar-refractivity contribution in [3.8, 4) is 5.75 Å². The van der Waals surface area contributed by atoms with Crippen molar-refractivity contribution in [2.75, 3.05) is 20.2 Å². The summed E-state index contributed by atoms with van der Waals surface area (Å²) in [5.41, 5.74) is 6.54. The molecule has 0 saturated carbocycles. The summed E-state index contributed by atoms with van der Waals surface area (Å²) in [6.45, 7) is 2.03. The van der Waals surface area contributed by atoms with E-state index in [9.17, 15) is 4.79 Å². The molecule has 1 saturated heterocycles. The molecule has 1 atom stereocenters. The molecule has 0 unspecified atom stereocenters. The largest absolute Gasteiger partial charge is 0.496 e. The minimum Gasteiger partial charge on any atom is -0.496 e. The van der Waals surface area contributed by atoms with Crippen molar-refractivity contribution in [2.45, 2.75) is 25.4 Å². The zero-order chi connectivity index (χ0) is 20.2. The molecule has 1 aliphatic rings. The lowest BCUT2D eigenvalue weighted by Gasteiger charge is -2.33. The Morgan fingerprint density at radius 2 is 2.10 bits per heavy atom. The third kappa shape index (κ3) is 4.00. The molecule has 29 heavy (non-hydrogen) atoms. The average molecular weight is 397 g/mol. The molecule has 0 aliphatic carbocycles. The van der Waals surface area contributed by atoms with Crippen LogP contribution < -0.4 is 15.4 Å². The van der Waals surface area contributed by atoms with Crippen molar-refractivity contribution in [3.63, 3.8) is 0 Å². The first-order chi connectivity index (χ1) is 14.2. The van der Waals surface area contributed by atoms with E-state index in [1.54, 1.807) is 18.1 Å². The van der Waals surface area contributed by atoms with Crippen molar-refractivity contribution in [1.29, 1.82) is 0 Å². The van der Waals surface area contributed by atoms with Crippen molar-refractivity contribution < 1.29 is 18.8 Å². The highest BCUT2D eigenvalue weighted by atomic mass is 16.5. The second kappa shape index (κ2) is 8.44. The highest BCUT2D eigenvalue weighted by Gasteiger charge is 2.37. The Bertz CT molecular complexity index is 947.